The summed E-state index contributed by atoms with van der Waals surface area (Å²) in [4.78, 5) is 15.6. The quantitative estimate of drug-likeness (QED) is 0.167. The maximum Gasteiger partial charge on any atom is 0.235 e. The Morgan fingerprint density at radius 1 is 0.540 bits per heavy atom. The Morgan fingerprint density at radius 2 is 1.25 bits per heavy atom. The predicted molar refractivity (Wildman–Crippen MR) is 265 cm³/mol. The first-order chi connectivity index (χ1) is 31.1. The second-order valence-corrected chi connectivity index (χ2v) is 17.0. The van der Waals surface area contributed by atoms with E-state index in [0.717, 1.165) is 71.6 Å². The van der Waals surface area contributed by atoms with Crippen LogP contribution >= 0.6 is 11.8 Å². The molecule has 1 aliphatic heterocycles. The van der Waals surface area contributed by atoms with E-state index in [1.54, 1.807) is 0 Å². The van der Waals surface area contributed by atoms with Crippen molar-refractivity contribution < 1.29 is 0 Å². The van der Waals surface area contributed by atoms with Gasteiger partial charge in [0.25, 0.3) is 0 Å². The predicted octanol–water partition coefficient (Wildman–Crippen LogP) is 13.9. The van der Waals surface area contributed by atoms with Gasteiger partial charge < -0.3 is 4.90 Å². The number of hydrogen-bond donors (Lipinski definition) is 0. The maximum absolute atomic E-state index is 5.49. The van der Waals surface area contributed by atoms with E-state index < -0.39 is 0 Å². The smallest absolute Gasteiger partial charge is 0.235 e. The lowest BCUT2D eigenvalue weighted by atomic mass is 9.96. The maximum atomic E-state index is 5.49. The van der Waals surface area contributed by atoms with Crippen molar-refractivity contribution in [3.63, 3.8) is 0 Å². The van der Waals surface area contributed by atoms with Crippen LogP contribution in [0.2, 0.25) is 0 Å². The van der Waals surface area contributed by atoms with Crippen LogP contribution in [-0.4, -0.2) is 14.5 Å². The topological polar surface area (TPSA) is 34.0 Å². The first-order valence-corrected chi connectivity index (χ1v) is 21.9. The van der Waals surface area contributed by atoms with E-state index in [2.05, 4.69) is 205 Å². The van der Waals surface area contributed by atoms with Crippen LogP contribution < -0.4 is 15.3 Å². The van der Waals surface area contributed by atoms with Gasteiger partial charge in [0.05, 0.1) is 33.6 Å². The molecule has 0 aliphatic carbocycles. The van der Waals surface area contributed by atoms with Crippen LogP contribution in [0.5, 0.6) is 0 Å². The summed E-state index contributed by atoms with van der Waals surface area (Å²) in [5.74, 6) is 0.626. The zero-order chi connectivity index (χ0) is 42.0. The van der Waals surface area contributed by atoms with Crippen LogP contribution in [0.15, 0.2) is 223 Å². The largest absolute Gasteiger partial charge is 0.308 e. The van der Waals surface area contributed by atoms with Crippen molar-refractivity contribution >= 4 is 84.5 Å². The minimum Gasteiger partial charge on any atom is -0.308 e. The average molecular weight is 823 g/mol. The molecule has 12 rings (SSSR count). The third-order valence-corrected chi connectivity index (χ3v) is 13.4. The lowest BCUT2D eigenvalue weighted by molar-refractivity contribution is 1.01. The molecule has 0 bridgehead atoms. The van der Waals surface area contributed by atoms with E-state index in [1.165, 1.54) is 42.7 Å². The Balaban J connectivity index is 1.07. The second kappa shape index (κ2) is 14.9. The Labute approximate surface area is 369 Å². The molecule has 0 radical (unpaired) electrons. The minimum atomic E-state index is 0.626. The number of nitrogens with zero attached hydrogens (tertiary/aromatic N) is 4. The molecule has 0 atom stereocenters. The van der Waals surface area contributed by atoms with E-state index in [1.807, 2.05) is 36.0 Å². The Morgan fingerprint density at radius 3 is 2.11 bits per heavy atom. The summed E-state index contributed by atoms with van der Waals surface area (Å²) in [6.45, 7) is 8.44. The summed E-state index contributed by atoms with van der Waals surface area (Å²) in [6, 6.07) is 71.2. The Bertz CT molecular complexity index is 3760. The van der Waals surface area contributed by atoms with Gasteiger partial charge in [0.15, 0.2) is 0 Å². The van der Waals surface area contributed by atoms with Gasteiger partial charge in [-0.15, -0.1) is 0 Å². The third-order valence-electron chi connectivity index (χ3n) is 12.3. The molecule has 2 aromatic heterocycles. The van der Waals surface area contributed by atoms with Gasteiger partial charge in [-0.2, -0.15) is 0 Å². The van der Waals surface area contributed by atoms with Crippen molar-refractivity contribution in [1.82, 2.24) is 14.5 Å². The van der Waals surface area contributed by atoms with Crippen molar-refractivity contribution in [2.24, 2.45) is 0 Å². The van der Waals surface area contributed by atoms with E-state index in [-0.39, 0.29) is 0 Å². The number of benzene rings is 9. The van der Waals surface area contributed by atoms with Crippen molar-refractivity contribution in [2.45, 2.75) is 9.79 Å². The standard InChI is InChI=1S/C58H38N4S/c1-3-43(44-20-9-7-16-37(44)2)39-28-30-40(31-29-39)57-47-22-11-12-24-48(47)59-58(60-57)62-51-26-15-23-46(56(51)55-45-21-10-8-17-38(45)32-35-52(55)62)41-33-34-50-54(36-41)63-53-27-14-13-25-49(53)61(50)42-18-5-4-6-19-42/h3-36H,1-2H2/b44-43+. The molecular weight excluding hydrogens is 785 g/mol. The molecule has 9 aromatic carbocycles. The molecule has 0 unspecified atom stereocenters. The number of anilines is 3. The van der Waals surface area contributed by atoms with E-state index >= 15 is 0 Å². The summed E-state index contributed by atoms with van der Waals surface area (Å²) in [5.41, 5.74) is 12.8. The van der Waals surface area contributed by atoms with Crippen LogP contribution in [0.3, 0.4) is 0 Å². The van der Waals surface area contributed by atoms with Crippen LogP contribution in [-0.2, 0) is 0 Å². The van der Waals surface area contributed by atoms with Gasteiger partial charge in [-0.1, -0.05) is 177 Å². The van der Waals surface area contributed by atoms with Crippen LogP contribution in [0.25, 0.3) is 84.0 Å². The molecule has 11 aromatic rings. The molecule has 3 heterocycles. The van der Waals surface area contributed by atoms with Gasteiger partial charge >= 0.3 is 0 Å². The fourth-order valence-electron chi connectivity index (χ4n) is 9.42. The van der Waals surface area contributed by atoms with Crippen molar-refractivity contribution in [3.05, 3.63) is 229 Å². The molecule has 0 saturated heterocycles. The zero-order valence-electron chi connectivity index (χ0n) is 34.2. The molecule has 0 N–H and O–H groups in total. The lowest BCUT2D eigenvalue weighted by Gasteiger charge is -2.33. The van der Waals surface area contributed by atoms with Crippen LogP contribution in [0.1, 0.15) is 5.56 Å². The number of aromatic nitrogens is 3. The molecule has 296 valence electrons. The molecule has 63 heavy (non-hydrogen) atoms. The number of allylic oxidation sites excluding steroid dienone is 1. The highest BCUT2D eigenvalue weighted by Gasteiger charge is 2.26. The van der Waals surface area contributed by atoms with Gasteiger partial charge in [0, 0.05) is 37.2 Å². The second-order valence-electron chi connectivity index (χ2n) is 15.9. The molecule has 0 spiro atoms. The molecular formula is C58H38N4S. The molecule has 0 fully saturated rings. The van der Waals surface area contributed by atoms with E-state index in [0.29, 0.717) is 5.95 Å². The van der Waals surface area contributed by atoms with Gasteiger partial charge in [-0.05, 0) is 98.1 Å². The highest BCUT2D eigenvalue weighted by molar-refractivity contribution is 7.99. The first-order valence-electron chi connectivity index (χ1n) is 21.1. The first kappa shape index (κ1) is 36.8. The number of hydrogen-bond acceptors (Lipinski definition) is 4. The van der Waals surface area contributed by atoms with Crippen molar-refractivity contribution in [2.75, 3.05) is 4.90 Å². The third kappa shape index (κ3) is 6.00. The summed E-state index contributed by atoms with van der Waals surface area (Å²) < 4.78 is 2.26. The van der Waals surface area contributed by atoms with Gasteiger partial charge in [-0.25, -0.2) is 9.97 Å². The Kier molecular flexibility index (Phi) is 8.70. The van der Waals surface area contributed by atoms with E-state index in [4.69, 9.17) is 9.97 Å². The van der Waals surface area contributed by atoms with Crippen molar-refractivity contribution in [1.29, 1.82) is 0 Å². The molecule has 0 amide bonds. The number of para-hydroxylation sites is 3. The fraction of sp³-hybridized carbons (Fsp3) is 0. The highest BCUT2D eigenvalue weighted by atomic mass is 32.2. The molecule has 0 saturated carbocycles. The van der Waals surface area contributed by atoms with E-state index in [9.17, 15) is 0 Å². The SMILES string of the molecule is C=C/C(c1ccc(-c2nc(-n3c4cccc(-c5ccc6c(c5)Sc5ccccc5N6c5ccccc5)c4c4c5ccccc5ccc43)nc3ccccc23)cc1)=c1/ccccc1=C. The lowest BCUT2D eigenvalue weighted by Crippen LogP contribution is -2.24. The average Bonchev–Trinajstić information content (AvgIpc) is 3.69. The Hall–Kier alpha value is -7.99. The van der Waals surface area contributed by atoms with Gasteiger partial charge in [0.1, 0.15) is 0 Å². The van der Waals surface area contributed by atoms with Gasteiger partial charge in [-0.3, -0.25) is 4.57 Å². The number of rotatable bonds is 6. The number of fused-ring (bicyclic) bond motifs is 8. The van der Waals surface area contributed by atoms with Gasteiger partial charge in [0.2, 0.25) is 5.95 Å². The minimum absolute atomic E-state index is 0.626. The zero-order valence-corrected chi connectivity index (χ0v) is 35.1. The van der Waals surface area contributed by atoms with Crippen LogP contribution in [0, 0.1) is 0 Å². The molecule has 4 nitrogen and oxygen atoms in total. The summed E-state index contributed by atoms with van der Waals surface area (Å²) in [5, 5.41) is 7.77. The highest BCUT2D eigenvalue weighted by Crippen LogP contribution is 2.53. The fourth-order valence-corrected chi connectivity index (χ4v) is 10.5. The summed E-state index contributed by atoms with van der Waals surface area (Å²) in [6.07, 6.45) is 1.92. The summed E-state index contributed by atoms with van der Waals surface area (Å²) >= 11 is 1.83. The monoisotopic (exact) mass is 822 g/mol. The molecule has 5 heteroatoms. The summed E-state index contributed by atoms with van der Waals surface area (Å²) in [7, 11) is 0. The normalized spacial score (nSPS) is 12.7. The van der Waals surface area contributed by atoms with Crippen LogP contribution in [0.4, 0.5) is 17.1 Å². The molecule has 1 aliphatic rings. The van der Waals surface area contributed by atoms with Crippen molar-refractivity contribution in [3.8, 4) is 28.3 Å².